The van der Waals surface area contributed by atoms with Gasteiger partial charge in [-0.1, -0.05) is 48.5 Å². The molecular weight excluding hydrogens is 386 g/mol. The summed E-state index contributed by atoms with van der Waals surface area (Å²) < 4.78 is 12.5. The number of likely N-dealkylation sites (tertiary alicyclic amines) is 1. The van der Waals surface area contributed by atoms with Gasteiger partial charge in [-0.2, -0.15) is 5.10 Å². The van der Waals surface area contributed by atoms with Gasteiger partial charge in [0.05, 0.1) is 18.9 Å². The molecule has 0 aromatic heterocycles. The monoisotopic (exact) mass is 413 g/mol. The maximum absolute atomic E-state index is 6.77. The van der Waals surface area contributed by atoms with Gasteiger partial charge in [-0.25, -0.2) is 5.01 Å². The molecule has 0 aliphatic carbocycles. The number of para-hydroxylation sites is 1. The van der Waals surface area contributed by atoms with Crippen LogP contribution in [0.25, 0.3) is 10.8 Å². The van der Waals surface area contributed by atoms with Crippen molar-refractivity contribution < 1.29 is 9.47 Å². The third-order valence-electron chi connectivity index (χ3n) is 7.06. The SMILES string of the molecule is COc1cccc2c1OC1(CCN(C)CC1)N1N=C(c3ccc4ccccc4c3)C[C@@H]21. The van der Waals surface area contributed by atoms with Crippen LogP contribution in [0.4, 0.5) is 0 Å². The molecule has 3 aliphatic heterocycles. The lowest BCUT2D eigenvalue weighted by molar-refractivity contribution is -0.148. The number of benzene rings is 3. The fourth-order valence-electron chi connectivity index (χ4n) is 5.27. The van der Waals surface area contributed by atoms with E-state index in [1.807, 2.05) is 6.07 Å². The first-order valence-corrected chi connectivity index (χ1v) is 11.1. The first-order chi connectivity index (χ1) is 15.2. The van der Waals surface area contributed by atoms with Gasteiger partial charge in [0.2, 0.25) is 5.72 Å². The van der Waals surface area contributed by atoms with Crippen LogP contribution in [-0.4, -0.2) is 48.6 Å². The molecule has 0 radical (unpaired) electrons. The number of hydrogen-bond donors (Lipinski definition) is 0. The molecule has 0 N–H and O–H groups in total. The summed E-state index contributed by atoms with van der Waals surface area (Å²) in [7, 11) is 3.90. The molecule has 0 saturated carbocycles. The summed E-state index contributed by atoms with van der Waals surface area (Å²) in [6, 6.07) is 21.6. The van der Waals surface area contributed by atoms with E-state index >= 15 is 0 Å². The van der Waals surface area contributed by atoms with Gasteiger partial charge in [-0.15, -0.1) is 0 Å². The van der Waals surface area contributed by atoms with Gasteiger partial charge in [0.25, 0.3) is 0 Å². The molecule has 6 rings (SSSR count). The number of piperidine rings is 1. The quantitative estimate of drug-likeness (QED) is 0.604. The molecular formula is C26H27N3O2. The van der Waals surface area contributed by atoms with Crippen LogP contribution in [0.2, 0.25) is 0 Å². The molecule has 31 heavy (non-hydrogen) atoms. The van der Waals surface area contributed by atoms with E-state index in [9.17, 15) is 0 Å². The van der Waals surface area contributed by atoms with Crippen molar-refractivity contribution in [2.24, 2.45) is 5.10 Å². The van der Waals surface area contributed by atoms with Gasteiger partial charge in [-0.05, 0) is 35.5 Å². The Morgan fingerprint density at radius 2 is 1.81 bits per heavy atom. The van der Waals surface area contributed by atoms with Crippen LogP contribution in [0.5, 0.6) is 11.5 Å². The molecule has 3 aliphatic rings. The number of fused-ring (bicyclic) bond motifs is 5. The second-order valence-electron chi connectivity index (χ2n) is 8.90. The van der Waals surface area contributed by atoms with Crippen LogP contribution < -0.4 is 9.47 Å². The maximum Gasteiger partial charge on any atom is 0.200 e. The summed E-state index contributed by atoms with van der Waals surface area (Å²) in [6.07, 6.45) is 2.72. The molecule has 1 spiro atoms. The Hall–Kier alpha value is -3.05. The molecule has 5 heteroatoms. The molecule has 0 unspecified atom stereocenters. The zero-order valence-corrected chi connectivity index (χ0v) is 18.0. The minimum absolute atomic E-state index is 0.170. The summed E-state index contributed by atoms with van der Waals surface area (Å²) in [5.74, 6) is 1.71. The van der Waals surface area contributed by atoms with Gasteiger partial charge < -0.3 is 14.4 Å². The molecule has 3 heterocycles. The lowest BCUT2D eigenvalue weighted by atomic mass is 9.90. The van der Waals surface area contributed by atoms with E-state index in [1.54, 1.807) is 7.11 Å². The summed E-state index contributed by atoms with van der Waals surface area (Å²) in [5.41, 5.74) is 3.08. The lowest BCUT2D eigenvalue weighted by Gasteiger charge is -2.50. The highest BCUT2D eigenvalue weighted by atomic mass is 16.5. The molecule has 158 valence electrons. The molecule has 3 aromatic rings. The van der Waals surface area contributed by atoms with Crippen molar-refractivity contribution >= 4 is 16.5 Å². The Bertz CT molecular complexity index is 1180. The first kappa shape index (κ1) is 18.7. The van der Waals surface area contributed by atoms with Gasteiger partial charge >= 0.3 is 0 Å². The summed E-state index contributed by atoms with van der Waals surface area (Å²) >= 11 is 0. The number of hydrogen-bond acceptors (Lipinski definition) is 5. The van der Waals surface area contributed by atoms with E-state index in [-0.39, 0.29) is 6.04 Å². The van der Waals surface area contributed by atoms with Crippen molar-refractivity contribution in [3.63, 3.8) is 0 Å². The van der Waals surface area contributed by atoms with Crippen molar-refractivity contribution in [2.75, 3.05) is 27.2 Å². The van der Waals surface area contributed by atoms with Crippen molar-refractivity contribution in [3.05, 3.63) is 71.8 Å². The number of nitrogens with zero attached hydrogens (tertiary/aromatic N) is 3. The zero-order valence-electron chi connectivity index (χ0n) is 18.0. The van der Waals surface area contributed by atoms with Gasteiger partial charge in [-0.3, -0.25) is 0 Å². The normalized spacial score (nSPS) is 22.1. The van der Waals surface area contributed by atoms with Gasteiger partial charge in [0, 0.05) is 37.9 Å². The van der Waals surface area contributed by atoms with E-state index < -0.39 is 5.72 Å². The molecule has 1 saturated heterocycles. The summed E-state index contributed by atoms with van der Waals surface area (Å²) in [5, 5.41) is 9.99. The molecule has 5 nitrogen and oxygen atoms in total. The van der Waals surface area contributed by atoms with E-state index in [0.717, 1.165) is 49.6 Å². The predicted octanol–water partition coefficient (Wildman–Crippen LogP) is 4.81. The number of ether oxygens (including phenoxy) is 2. The van der Waals surface area contributed by atoms with Crippen molar-refractivity contribution in [1.82, 2.24) is 9.91 Å². The van der Waals surface area contributed by atoms with E-state index in [0.29, 0.717) is 0 Å². The minimum atomic E-state index is -0.419. The zero-order chi connectivity index (χ0) is 21.0. The van der Waals surface area contributed by atoms with Crippen molar-refractivity contribution in [2.45, 2.75) is 31.0 Å². The van der Waals surface area contributed by atoms with E-state index in [2.05, 4.69) is 71.6 Å². The fourth-order valence-corrected chi connectivity index (χ4v) is 5.27. The van der Waals surface area contributed by atoms with Crippen LogP contribution in [-0.2, 0) is 0 Å². The predicted molar refractivity (Wildman–Crippen MR) is 123 cm³/mol. The molecule has 1 atom stereocenters. The Kier molecular flexibility index (Phi) is 4.22. The number of rotatable bonds is 2. The van der Waals surface area contributed by atoms with Crippen LogP contribution in [0.3, 0.4) is 0 Å². The third-order valence-corrected chi connectivity index (χ3v) is 7.06. The third kappa shape index (κ3) is 2.91. The topological polar surface area (TPSA) is 37.3 Å². The number of hydrazone groups is 1. The maximum atomic E-state index is 6.77. The van der Waals surface area contributed by atoms with Crippen LogP contribution >= 0.6 is 0 Å². The Morgan fingerprint density at radius 3 is 2.61 bits per heavy atom. The standard InChI is InChI=1S/C26H27N3O2/c1-28-14-12-26(13-15-28)29-23(21-8-5-9-24(30-2)25(21)31-26)17-22(27-29)20-11-10-18-6-3-4-7-19(18)16-20/h3-11,16,23H,12-15,17H2,1-2H3/t23-/m0/s1. The van der Waals surface area contributed by atoms with Crippen LogP contribution in [0, 0.1) is 0 Å². The molecule has 0 bridgehead atoms. The molecule has 1 fully saturated rings. The fraction of sp³-hybridized carbons (Fsp3) is 0.346. The van der Waals surface area contributed by atoms with E-state index in [1.165, 1.54) is 21.9 Å². The number of methoxy groups -OCH3 is 1. The van der Waals surface area contributed by atoms with Gasteiger partial charge in [0.15, 0.2) is 11.5 Å². The summed E-state index contributed by atoms with van der Waals surface area (Å²) in [4.78, 5) is 2.37. The smallest absolute Gasteiger partial charge is 0.200 e. The molecule has 0 amide bonds. The average Bonchev–Trinajstić information content (AvgIpc) is 3.27. The highest BCUT2D eigenvalue weighted by Gasteiger charge is 2.52. The lowest BCUT2D eigenvalue weighted by Crippen LogP contribution is -2.58. The molecule has 3 aromatic carbocycles. The van der Waals surface area contributed by atoms with Crippen LogP contribution in [0.15, 0.2) is 65.8 Å². The Morgan fingerprint density at radius 1 is 1.00 bits per heavy atom. The van der Waals surface area contributed by atoms with Crippen molar-refractivity contribution in [3.8, 4) is 11.5 Å². The highest BCUT2D eigenvalue weighted by molar-refractivity contribution is 6.04. The summed E-state index contributed by atoms with van der Waals surface area (Å²) in [6.45, 7) is 1.99. The van der Waals surface area contributed by atoms with E-state index in [4.69, 9.17) is 14.6 Å². The van der Waals surface area contributed by atoms with Gasteiger partial charge in [0.1, 0.15) is 0 Å². The first-order valence-electron chi connectivity index (χ1n) is 11.1. The Labute approximate surface area is 182 Å². The van der Waals surface area contributed by atoms with Crippen molar-refractivity contribution in [1.29, 1.82) is 0 Å². The minimum Gasteiger partial charge on any atom is -0.493 e. The second-order valence-corrected chi connectivity index (χ2v) is 8.90. The Balaban J connectivity index is 1.45. The second kappa shape index (κ2) is 6.99. The average molecular weight is 414 g/mol. The highest BCUT2D eigenvalue weighted by Crippen LogP contribution is 2.52. The van der Waals surface area contributed by atoms with Crippen LogP contribution in [0.1, 0.15) is 36.4 Å². The largest absolute Gasteiger partial charge is 0.493 e.